The van der Waals surface area contributed by atoms with Crippen LogP contribution in [0, 0.1) is 0 Å². The average molecular weight is 371 g/mol. The van der Waals surface area contributed by atoms with Crippen molar-refractivity contribution in [3.05, 3.63) is 48.0 Å². The Bertz CT molecular complexity index is 654. The molecule has 1 amide bonds. The van der Waals surface area contributed by atoms with Crippen molar-refractivity contribution in [1.82, 2.24) is 4.90 Å². The number of hydrogen-bond donors (Lipinski definition) is 1. The van der Waals surface area contributed by atoms with Crippen molar-refractivity contribution in [3.8, 4) is 0 Å². The van der Waals surface area contributed by atoms with Gasteiger partial charge < -0.3 is 10.0 Å². The third-order valence-electron chi connectivity index (χ3n) is 4.88. The Labute approximate surface area is 161 Å². The first-order valence-electron chi connectivity index (χ1n) is 9.82. The van der Waals surface area contributed by atoms with Crippen LogP contribution < -0.4 is 0 Å². The van der Waals surface area contributed by atoms with E-state index in [0.29, 0.717) is 25.8 Å². The molecule has 1 aliphatic rings. The largest absolute Gasteiger partial charge is 0.481 e. The van der Waals surface area contributed by atoms with Crippen LogP contribution in [0.1, 0.15) is 56.9 Å². The molecule has 27 heavy (non-hydrogen) atoms. The Balaban J connectivity index is 1.80. The number of likely N-dealkylation sites (tertiary alicyclic amines) is 1. The molecular formula is C22H29NO4. The lowest BCUT2D eigenvalue weighted by Crippen LogP contribution is -2.43. The lowest BCUT2D eigenvalue weighted by Gasteiger charge is -2.34. The molecule has 1 heterocycles. The molecule has 0 aliphatic carbocycles. The summed E-state index contributed by atoms with van der Waals surface area (Å²) in [5.74, 6) is -0.559. The molecule has 0 saturated carbocycles. The molecule has 146 valence electrons. The maximum Gasteiger partial charge on any atom is 0.303 e. The normalized spacial score (nSPS) is 17.4. The summed E-state index contributed by atoms with van der Waals surface area (Å²) in [5, 5.41) is 8.65. The molecule has 1 fully saturated rings. The summed E-state index contributed by atoms with van der Waals surface area (Å²) >= 11 is 0. The van der Waals surface area contributed by atoms with Crippen molar-refractivity contribution in [2.24, 2.45) is 0 Å². The second-order valence-corrected chi connectivity index (χ2v) is 7.09. The lowest BCUT2D eigenvalue weighted by atomic mass is 9.99. The van der Waals surface area contributed by atoms with Gasteiger partial charge in [0, 0.05) is 25.8 Å². The zero-order chi connectivity index (χ0) is 19.5. The molecule has 1 atom stereocenters. The number of carbonyl (C=O) groups excluding carboxylic acids is 2. The molecule has 5 nitrogen and oxygen atoms in total. The molecule has 1 saturated heterocycles. The van der Waals surface area contributed by atoms with E-state index in [4.69, 9.17) is 5.11 Å². The fourth-order valence-corrected chi connectivity index (χ4v) is 3.42. The summed E-state index contributed by atoms with van der Waals surface area (Å²) in [5.41, 5.74) is 0.991. The Morgan fingerprint density at radius 2 is 1.85 bits per heavy atom. The number of carbonyl (C=O) groups is 3. The first-order chi connectivity index (χ1) is 13.1. The topological polar surface area (TPSA) is 74.7 Å². The first kappa shape index (κ1) is 20.9. The number of carboxylic acids is 1. The number of ketones is 1. The van der Waals surface area contributed by atoms with Crippen molar-refractivity contribution in [3.63, 3.8) is 0 Å². The van der Waals surface area contributed by atoms with Gasteiger partial charge in [0.1, 0.15) is 0 Å². The van der Waals surface area contributed by atoms with Gasteiger partial charge in [0.25, 0.3) is 0 Å². The number of hydrogen-bond acceptors (Lipinski definition) is 3. The van der Waals surface area contributed by atoms with E-state index >= 15 is 0 Å². The second-order valence-electron chi connectivity index (χ2n) is 7.09. The van der Waals surface area contributed by atoms with Crippen molar-refractivity contribution in [2.45, 2.75) is 63.8 Å². The molecule has 1 N–H and O–H groups in total. The minimum Gasteiger partial charge on any atom is -0.481 e. The van der Waals surface area contributed by atoms with E-state index in [-0.39, 0.29) is 24.2 Å². The summed E-state index contributed by atoms with van der Waals surface area (Å²) < 4.78 is 0. The van der Waals surface area contributed by atoms with Crippen molar-refractivity contribution in [2.75, 3.05) is 6.54 Å². The van der Waals surface area contributed by atoms with Gasteiger partial charge in [-0.25, -0.2) is 0 Å². The summed E-state index contributed by atoms with van der Waals surface area (Å²) in [4.78, 5) is 36.9. The van der Waals surface area contributed by atoms with Gasteiger partial charge in [-0.05, 0) is 37.3 Å². The summed E-state index contributed by atoms with van der Waals surface area (Å²) in [6.07, 6.45) is 9.73. The second kappa shape index (κ2) is 11.3. The van der Waals surface area contributed by atoms with E-state index in [1.165, 1.54) is 0 Å². The van der Waals surface area contributed by atoms with Gasteiger partial charge in [0.15, 0.2) is 5.78 Å². The van der Waals surface area contributed by atoms with Gasteiger partial charge >= 0.3 is 5.97 Å². The molecule has 0 radical (unpaired) electrons. The molecule has 1 aromatic rings. The van der Waals surface area contributed by atoms with Crippen LogP contribution in [0.15, 0.2) is 42.5 Å². The third kappa shape index (κ3) is 7.77. The number of nitrogens with zero attached hydrogens (tertiary/aromatic N) is 1. The van der Waals surface area contributed by atoms with Crippen LogP contribution in [0.5, 0.6) is 0 Å². The lowest BCUT2D eigenvalue weighted by molar-refractivity contribution is -0.137. The van der Waals surface area contributed by atoms with E-state index in [1.807, 2.05) is 41.3 Å². The molecule has 0 aromatic heterocycles. The maximum absolute atomic E-state index is 12.3. The number of aliphatic carboxylic acids is 1. The van der Waals surface area contributed by atoms with Gasteiger partial charge in [-0.15, -0.1) is 0 Å². The number of allylic oxidation sites excluding steroid dienone is 1. The molecule has 1 aliphatic heterocycles. The number of piperidine rings is 1. The number of amides is 1. The minimum atomic E-state index is -0.758. The zero-order valence-corrected chi connectivity index (χ0v) is 15.8. The van der Waals surface area contributed by atoms with E-state index in [1.54, 1.807) is 6.08 Å². The third-order valence-corrected chi connectivity index (χ3v) is 4.88. The highest BCUT2D eigenvalue weighted by Gasteiger charge is 2.25. The smallest absolute Gasteiger partial charge is 0.303 e. The quantitative estimate of drug-likeness (QED) is 0.475. The molecule has 1 aromatic carbocycles. The summed E-state index contributed by atoms with van der Waals surface area (Å²) in [6, 6.07) is 9.63. The Hall–Kier alpha value is -2.43. The van der Waals surface area contributed by atoms with Gasteiger partial charge in [-0.2, -0.15) is 0 Å². The summed E-state index contributed by atoms with van der Waals surface area (Å²) in [7, 11) is 0. The zero-order valence-electron chi connectivity index (χ0n) is 15.8. The number of unbranched alkanes of at least 4 members (excludes halogenated alkanes) is 3. The molecular weight excluding hydrogens is 342 g/mol. The monoisotopic (exact) mass is 371 g/mol. The van der Waals surface area contributed by atoms with Gasteiger partial charge in [0.2, 0.25) is 5.91 Å². The van der Waals surface area contributed by atoms with E-state index in [9.17, 15) is 14.4 Å². The van der Waals surface area contributed by atoms with Crippen molar-refractivity contribution >= 4 is 17.7 Å². The minimum absolute atomic E-state index is 0.00927. The highest BCUT2D eigenvalue weighted by molar-refractivity contribution is 5.91. The molecule has 0 unspecified atom stereocenters. The fraction of sp³-hybridized carbons (Fsp3) is 0.500. The predicted octanol–water partition coefficient (Wildman–Crippen LogP) is 3.77. The molecule has 2 rings (SSSR count). The van der Waals surface area contributed by atoms with E-state index in [0.717, 1.165) is 37.7 Å². The van der Waals surface area contributed by atoms with Gasteiger partial charge in [0.05, 0.1) is 6.04 Å². The van der Waals surface area contributed by atoms with Crippen LogP contribution in [0.4, 0.5) is 0 Å². The van der Waals surface area contributed by atoms with Gasteiger partial charge in [-0.1, -0.05) is 49.2 Å². The molecule has 0 bridgehead atoms. The fourth-order valence-electron chi connectivity index (χ4n) is 3.42. The Kier molecular flexibility index (Phi) is 8.75. The molecule has 0 spiro atoms. The van der Waals surface area contributed by atoms with Crippen molar-refractivity contribution in [1.29, 1.82) is 0 Å². The van der Waals surface area contributed by atoms with E-state index in [2.05, 4.69) is 0 Å². The van der Waals surface area contributed by atoms with Gasteiger partial charge in [-0.3, -0.25) is 14.4 Å². The van der Waals surface area contributed by atoms with E-state index < -0.39 is 5.97 Å². The van der Waals surface area contributed by atoms with Crippen LogP contribution in [-0.2, 0) is 20.8 Å². The Morgan fingerprint density at radius 1 is 1.11 bits per heavy atom. The van der Waals surface area contributed by atoms with Crippen LogP contribution in [0.25, 0.3) is 0 Å². The standard InChI is InChI=1S/C22H29NO4/c24-20(17-18-9-4-3-5-10-18)15-14-19-11-8-12-21(25)23(19)16-7-2-1-6-13-22(26)27/h3-5,9-10,14-15,19H,1-2,6-8,11-13,16-17H2,(H,26,27)/b15-14+/t19-/m1/s1. The average Bonchev–Trinajstić information content (AvgIpc) is 2.65. The highest BCUT2D eigenvalue weighted by atomic mass is 16.4. The number of rotatable bonds is 11. The van der Waals surface area contributed by atoms with Crippen LogP contribution >= 0.6 is 0 Å². The van der Waals surface area contributed by atoms with Crippen molar-refractivity contribution < 1.29 is 19.5 Å². The first-order valence-corrected chi connectivity index (χ1v) is 9.82. The molecule has 5 heteroatoms. The van der Waals surface area contributed by atoms with Crippen LogP contribution in [0.2, 0.25) is 0 Å². The SMILES string of the molecule is O=C(O)CCCCCCN1C(=O)CCC[C@@H]1/C=C/C(=O)Cc1ccccc1. The van der Waals surface area contributed by atoms with Crippen LogP contribution in [-0.4, -0.2) is 40.3 Å². The summed E-state index contributed by atoms with van der Waals surface area (Å²) in [6.45, 7) is 0.674. The number of benzene rings is 1. The predicted molar refractivity (Wildman–Crippen MR) is 104 cm³/mol. The van der Waals surface area contributed by atoms with Crippen LogP contribution in [0.3, 0.4) is 0 Å². The maximum atomic E-state index is 12.3. The number of carboxylic acid groups (broad SMARTS) is 1. The highest BCUT2D eigenvalue weighted by Crippen LogP contribution is 2.20. The Morgan fingerprint density at radius 3 is 2.59 bits per heavy atom.